The van der Waals surface area contributed by atoms with Gasteiger partial charge in [-0.05, 0) is 41.6 Å². The summed E-state index contributed by atoms with van der Waals surface area (Å²) >= 11 is 5.83. The number of aromatic nitrogens is 4. The molecule has 0 aliphatic heterocycles. The van der Waals surface area contributed by atoms with Gasteiger partial charge in [-0.25, -0.2) is 0 Å². The van der Waals surface area contributed by atoms with Crippen LogP contribution in [0.1, 0.15) is 0 Å². The van der Waals surface area contributed by atoms with Crippen LogP contribution in [0, 0.1) is 0 Å². The molecule has 11 heteroatoms. The number of hydrogen-bond acceptors (Lipinski definition) is 5. The van der Waals surface area contributed by atoms with Crippen LogP contribution >= 0.6 is 11.6 Å². The Labute approximate surface area is 168 Å². The molecule has 0 unspecified atom stereocenters. The minimum atomic E-state index is -4.61. The molecule has 7 nitrogen and oxygen atoms in total. The number of tetrazole rings is 1. The van der Waals surface area contributed by atoms with Crippen LogP contribution in [0.15, 0.2) is 48.5 Å². The van der Waals surface area contributed by atoms with Gasteiger partial charge < -0.3 is 4.74 Å². The van der Waals surface area contributed by atoms with Gasteiger partial charge in [-0.3, -0.25) is 9.69 Å². The fourth-order valence-electron chi connectivity index (χ4n) is 2.57. The van der Waals surface area contributed by atoms with E-state index in [4.69, 9.17) is 16.3 Å². The minimum Gasteiger partial charge on any atom is -0.495 e. The summed E-state index contributed by atoms with van der Waals surface area (Å²) in [5.74, 6) is -0.514. The predicted octanol–water partition coefficient (Wildman–Crippen LogP) is 3.60. The molecule has 0 aliphatic carbocycles. The Kier molecular flexibility index (Phi) is 6.02. The van der Waals surface area contributed by atoms with Crippen LogP contribution < -0.4 is 9.64 Å². The second-order valence-electron chi connectivity index (χ2n) is 5.92. The van der Waals surface area contributed by atoms with Crippen LogP contribution in [0.5, 0.6) is 5.75 Å². The van der Waals surface area contributed by atoms with Crippen molar-refractivity contribution in [3.8, 4) is 17.1 Å². The fourth-order valence-corrected chi connectivity index (χ4v) is 2.70. The van der Waals surface area contributed by atoms with E-state index in [0.29, 0.717) is 15.5 Å². The molecular formula is C18H15ClF3N5O2. The lowest BCUT2D eigenvalue weighted by atomic mass is 10.2. The normalized spacial score (nSPS) is 11.3. The second kappa shape index (κ2) is 8.48. The van der Waals surface area contributed by atoms with Crippen LogP contribution in [-0.2, 0) is 11.3 Å². The lowest BCUT2D eigenvalue weighted by Crippen LogP contribution is -2.41. The Bertz CT molecular complexity index is 992. The van der Waals surface area contributed by atoms with Gasteiger partial charge in [0.2, 0.25) is 5.82 Å². The van der Waals surface area contributed by atoms with Crippen molar-refractivity contribution in [1.82, 2.24) is 20.2 Å². The third-order valence-electron chi connectivity index (χ3n) is 3.85. The van der Waals surface area contributed by atoms with Crippen LogP contribution in [0.3, 0.4) is 0 Å². The van der Waals surface area contributed by atoms with E-state index < -0.39 is 25.2 Å². The van der Waals surface area contributed by atoms with E-state index in [1.165, 1.54) is 25.3 Å². The first kappa shape index (κ1) is 20.6. The molecule has 1 heterocycles. The van der Waals surface area contributed by atoms with Gasteiger partial charge in [0.25, 0.3) is 5.91 Å². The summed E-state index contributed by atoms with van der Waals surface area (Å²) < 4.78 is 44.4. The first-order valence-corrected chi connectivity index (χ1v) is 8.68. The topological polar surface area (TPSA) is 73.1 Å². The van der Waals surface area contributed by atoms with E-state index in [2.05, 4.69) is 15.4 Å². The number of alkyl halides is 3. The Morgan fingerprint density at radius 3 is 2.52 bits per heavy atom. The number of anilines is 1. The van der Waals surface area contributed by atoms with E-state index in [9.17, 15) is 18.0 Å². The van der Waals surface area contributed by atoms with Gasteiger partial charge in [0, 0.05) is 10.6 Å². The quantitative estimate of drug-likeness (QED) is 0.603. The van der Waals surface area contributed by atoms with E-state index in [1.54, 1.807) is 30.3 Å². The number of nitrogens with zero attached hydrogens (tertiary/aromatic N) is 5. The number of amides is 1. The molecule has 2 aromatic carbocycles. The molecule has 0 radical (unpaired) electrons. The monoisotopic (exact) mass is 425 g/mol. The molecule has 0 saturated heterocycles. The molecule has 0 aliphatic rings. The molecule has 0 fully saturated rings. The Morgan fingerprint density at radius 1 is 1.17 bits per heavy atom. The zero-order valence-corrected chi connectivity index (χ0v) is 15.9. The third-order valence-corrected chi connectivity index (χ3v) is 4.10. The number of methoxy groups -OCH3 is 1. The lowest BCUT2D eigenvalue weighted by Gasteiger charge is -2.25. The molecule has 0 N–H and O–H groups in total. The maximum atomic E-state index is 13.1. The number of ether oxygens (including phenoxy) is 1. The van der Waals surface area contributed by atoms with Crippen molar-refractivity contribution in [1.29, 1.82) is 0 Å². The highest BCUT2D eigenvalue weighted by molar-refractivity contribution is 6.30. The van der Waals surface area contributed by atoms with Crippen LogP contribution in [0.4, 0.5) is 18.9 Å². The third kappa shape index (κ3) is 5.23. The van der Waals surface area contributed by atoms with Gasteiger partial charge in [-0.15, -0.1) is 10.2 Å². The maximum absolute atomic E-state index is 13.1. The highest BCUT2D eigenvalue weighted by Crippen LogP contribution is 2.30. The SMILES string of the molecule is COc1ccccc1N(CC(F)(F)F)C(=O)Cn1nnc(-c2ccc(Cl)cc2)n1. The van der Waals surface area contributed by atoms with E-state index in [0.717, 1.165) is 4.80 Å². The first-order chi connectivity index (χ1) is 13.8. The molecule has 0 spiro atoms. The van der Waals surface area contributed by atoms with E-state index in [-0.39, 0.29) is 17.3 Å². The summed E-state index contributed by atoms with van der Waals surface area (Å²) in [5.41, 5.74) is 0.598. The Balaban J connectivity index is 1.84. The van der Waals surface area contributed by atoms with Crippen molar-refractivity contribution >= 4 is 23.2 Å². The molecule has 1 aromatic heterocycles. The highest BCUT2D eigenvalue weighted by atomic mass is 35.5. The number of benzene rings is 2. The maximum Gasteiger partial charge on any atom is 0.406 e. The van der Waals surface area contributed by atoms with Crippen molar-refractivity contribution in [2.45, 2.75) is 12.7 Å². The second-order valence-corrected chi connectivity index (χ2v) is 6.35. The number of rotatable bonds is 6. The Hall–Kier alpha value is -3.14. The summed E-state index contributed by atoms with van der Waals surface area (Å²) in [6.45, 7) is -2.01. The van der Waals surface area contributed by atoms with Gasteiger partial charge in [-0.1, -0.05) is 23.7 Å². The largest absolute Gasteiger partial charge is 0.495 e. The van der Waals surface area contributed by atoms with E-state index in [1.807, 2.05) is 0 Å². The minimum absolute atomic E-state index is 0.00429. The van der Waals surface area contributed by atoms with Crippen molar-refractivity contribution in [3.63, 3.8) is 0 Å². The molecule has 3 aromatic rings. The van der Waals surface area contributed by atoms with Gasteiger partial charge >= 0.3 is 6.18 Å². The number of hydrogen-bond donors (Lipinski definition) is 0. The van der Waals surface area contributed by atoms with Gasteiger partial charge in [-0.2, -0.15) is 18.0 Å². The molecule has 152 valence electrons. The number of halogens is 4. The number of carbonyl (C=O) groups excluding carboxylic acids is 1. The van der Waals surface area contributed by atoms with Crippen molar-refractivity contribution in [2.24, 2.45) is 0 Å². The summed E-state index contributed by atoms with van der Waals surface area (Å²) in [7, 11) is 1.31. The zero-order valence-electron chi connectivity index (χ0n) is 15.1. The molecule has 29 heavy (non-hydrogen) atoms. The summed E-state index contributed by atoms with van der Waals surface area (Å²) in [6, 6.07) is 12.5. The molecule has 0 atom stereocenters. The van der Waals surface area contributed by atoms with Crippen molar-refractivity contribution < 1.29 is 22.7 Å². The lowest BCUT2D eigenvalue weighted by molar-refractivity contribution is -0.133. The highest BCUT2D eigenvalue weighted by Gasteiger charge is 2.35. The van der Waals surface area contributed by atoms with Gasteiger partial charge in [0.15, 0.2) is 0 Å². The van der Waals surface area contributed by atoms with Crippen LogP contribution in [-0.4, -0.2) is 45.9 Å². The summed E-state index contributed by atoms with van der Waals surface area (Å²) in [4.78, 5) is 14.2. The summed E-state index contributed by atoms with van der Waals surface area (Å²) in [6.07, 6.45) is -4.61. The Morgan fingerprint density at radius 2 is 1.86 bits per heavy atom. The molecule has 0 bridgehead atoms. The van der Waals surface area contributed by atoms with Crippen LogP contribution in [0.25, 0.3) is 11.4 Å². The van der Waals surface area contributed by atoms with E-state index >= 15 is 0 Å². The molecule has 0 saturated carbocycles. The number of para-hydroxylation sites is 2. The zero-order chi connectivity index (χ0) is 21.0. The predicted molar refractivity (Wildman–Crippen MR) is 99.7 cm³/mol. The average Bonchev–Trinajstić information content (AvgIpc) is 3.14. The molecular weight excluding hydrogens is 411 g/mol. The smallest absolute Gasteiger partial charge is 0.406 e. The summed E-state index contributed by atoms with van der Waals surface area (Å²) in [5, 5.41) is 12.2. The van der Waals surface area contributed by atoms with Gasteiger partial charge in [0.05, 0.1) is 12.8 Å². The molecule has 1 amide bonds. The first-order valence-electron chi connectivity index (χ1n) is 8.31. The molecule has 3 rings (SSSR count). The van der Waals surface area contributed by atoms with Gasteiger partial charge in [0.1, 0.15) is 18.8 Å². The van der Waals surface area contributed by atoms with Crippen molar-refractivity contribution in [2.75, 3.05) is 18.6 Å². The van der Waals surface area contributed by atoms with Crippen molar-refractivity contribution in [3.05, 3.63) is 53.6 Å². The van der Waals surface area contributed by atoms with Crippen LogP contribution in [0.2, 0.25) is 5.02 Å². The standard InChI is InChI=1S/C18H15ClF3N5O2/c1-29-15-5-3-2-4-14(15)26(11-18(20,21)22)16(28)10-27-24-17(23-25-27)12-6-8-13(19)9-7-12/h2-9H,10-11H2,1H3. The fraction of sp³-hybridized carbons (Fsp3) is 0.222. The number of carbonyl (C=O) groups is 1. The average molecular weight is 426 g/mol.